The van der Waals surface area contributed by atoms with E-state index in [1.165, 1.54) is 5.56 Å². The smallest absolute Gasteiger partial charge is 0.254 e. The monoisotopic (exact) mass is 412 g/mol. The Morgan fingerprint density at radius 1 is 1.23 bits per heavy atom. The van der Waals surface area contributed by atoms with Crippen LogP contribution in [0.4, 0.5) is 4.39 Å². The van der Waals surface area contributed by atoms with Crippen molar-refractivity contribution >= 4 is 18.3 Å². The van der Waals surface area contributed by atoms with E-state index in [1.54, 1.807) is 18.2 Å². The number of nitrogens with one attached hydrogen (secondary N) is 2. The number of aliphatic hydroxyl groups is 1. The number of alkyl halides is 1. The molecule has 2 rings (SSSR count). The highest BCUT2D eigenvalue weighted by Crippen LogP contribution is 2.27. The molecule has 3 unspecified atom stereocenters. The quantitative estimate of drug-likeness (QED) is 0.395. The number of nitrogens with two attached hydrogens (primary N) is 1. The summed E-state index contributed by atoms with van der Waals surface area (Å²) < 4.78 is 13.1. The van der Waals surface area contributed by atoms with Gasteiger partial charge in [-0.15, -0.1) is 0 Å². The lowest BCUT2D eigenvalue weighted by atomic mass is 9.86. The fraction of sp³-hybridized carbons (Fsp3) is 0.348. The molecule has 5 N–H and O–H groups in total. The van der Waals surface area contributed by atoms with E-state index < -0.39 is 24.3 Å². The molecular formula is C23H29FN4O2. The molecule has 160 valence electrons. The van der Waals surface area contributed by atoms with Gasteiger partial charge in [0.25, 0.3) is 5.91 Å². The minimum Gasteiger partial charge on any atom is -0.378 e. The molecular weight excluding hydrogens is 383 g/mol. The zero-order valence-corrected chi connectivity index (χ0v) is 17.5. The van der Waals surface area contributed by atoms with E-state index in [-0.39, 0.29) is 12.0 Å². The Morgan fingerprint density at radius 2 is 1.90 bits per heavy atom. The normalized spacial score (nSPS) is 14.9. The second-order valence-electron chi connectivity index (χ2n) is 8.02. The summed E-state index contributed by atoms with van der Waals surface area (Å²) in [6, 6.07) is 14.3. The van der Waals surface area contributed by atoms with Crippen molar-refractivity contribution in [2.75, 3.05) is 6.54 Å². The van der Waals surface area contributed by atoms with Crippen LogP contribution in [0.15, 0.2) is 53.5 Å². The van der Waals surface area contributed by atoms with Gasteiger partial charge >= 0.3 is 0 Å². The van der Waals surface area contributed by atoms with Gasteiger partial charge in [-0.25, -0.2) is 4.39 Å². The standard InChI is InChI=1S/C23H29FN4O2/c1-23(2,3)18-9-7-15(8-10-18)16-5-4-6-17(11-16)21(29)22(30)28-19(12-25)14-27-20(24)13-26/h4-12,14,19-21,25,29H,13,26H2,1-3H3,(H,28,30). The van der Waals surface area contributed by atoms with E-state index in [2.05, 4.69) is 43.2 Å². The minimum absolute atomic E-state index is 0.0513. The zero-order chi connectivity index (χ0) is 22.3. The van der Waals surface area contributed by atoms with Gasteiger partial charge in [-0.3, -0.25) is 9.79 Å². The second-order valence-corrected chi connectivity index (χ2v) is 8.02. The summed E-state index contributed by atoms with van der Waals surface area (Å²) in [4.78, 5) is 15.9. The molecule has 0 spiro atoms. The number of amides is 1. The van der Waals surface area contributed by atoms with Crippen molar-refractivity contribution < 1.29 is 14.3 Å². The molecule has 0 saturated heterocycles. The number of carbonyl (C=O) groups is 1. The number of hydrogen-bond donors (Lipinski definition) is 4. The molecule has 0 aliphatic carbocycles. The topological polar surface area (TPSA) is 112 Å². The summed E-state index contributed by atoms with van der Waals surface area (Å²) in [6.45, 7) is 6.15. The Kier molecular flexibility index (Phi) is 7.97. The van der Waals surface area contributed by atoms with Crippen LogP contribution in [0, 0.1) is 5.41 Å². The summed E-state index contributed by atoms with van der Waals surface area (Å²) in [5.41, 5.74) is 8.66. The van der Waals surface area contributed by atoms with Gasteiger partial charge in [-0.05, 0) is 33.7 Å². The van der Waals surface area contributed by atoms with E-state index in [0.29, 0.717) is 5.56 Å². The predicted octanol–water partition coefficient (Wildman–Crippen LogP) is 3.14. The number of aliphatic hydroxyl groups excluding tert-OH is 1. The maximum Gasteiger partial charge on any atom is 0.254 e. The summed E-state index contributed by atoms with van der Waals surface area (Å²) in [5.74, 6) is -0.710. The molecule has 2 aromatic carbocycles. The molecule has 2 aromatic rings. The molecule has 6 nitrogen and oxygen atoms in total. The van der Waals surface area contributed by atoms with E-state index >= 15 is 0 Å². The Balaban J connectivity index is 2.15. The van der Waals surface area contributed by atoms with Crippen molar-refractivity contribution in [2.45, 2.75) is 44.6 Å². The minimum atomic E-state index is -1.60. The summed E-state index contributed by atoms with van der Waals surface area (Å²) >= 11 is 0. The molecule has 7 heteroatoms. The van der Waals surface area contributed by atoms with Crippen molar-refractivity contribution in [3.8, 4) is 11.1 Å². The fourth-order valence-electron chi connectivity index (χ4n) is 2.81. The van der Waals surface area contributed by atoms with Crippen LogP contribution in [0.3, 0.4) is 0 Å². The molecule has 3 atom stereocenters. The predicted molar refractivity (Wildman–Crippen MR) is 119 cm³/mol. The third-order valence-corrected chi connectivity index (χ3v) is 4.63. The Morgan fingerprint density at radius 3 is 2.47 bits per heavy atom. The van der Waals surface area contributed by atoms with E-state index in [1.807, 2.05) is 18.2 Å². The molecule has 0 saturated carbocycles. The number of hydrogen-bond acceptors (Lipinski definition) is 5. The first-order valence-corrected chi connectivity index (χ1v) is 9.73. The van der Waals surface area contributed by atoms with E-state index in [4.69, 9.17) is 11.1 Å². The number of aliphatic imine (C=N–C) groups is 1. The molecule has 0 radical (unpaired) electrons. The van der Waals surface area contributed by atoms with Gasteiger partial charge in [0.2, 0.25) is 6.30 Å². The van der Waals surface area contributed by atoms with Crippen molar-refractivity contribution in [2.24, 2.45) is 10.7 Å². The average Bonchev–Trinajstić information content (AvgIpc) is 2.75. The average molecular weight is 413 g/mol. The molecule has 0 aliphatic rings. The number of rotatable bonds is 8. The Bertz CT molecular complexity index is 891. The van der Waals surface area contributed by atoms with Gasteiger partial charge in [0, 0.05) is 19.0 Å². The molecule has 1 amide bonds. The largest absolute Gasteiger partial charge is 0.378 e. The van der Waals surface area contributed by atoms with Crippen LogP contribution >= 0.6 is 0 Å². The third kappa shape index (κ3) is 6.30. The van der Waals surface area contributed by atoms with Gasteiger partial charge in [0.15, 0.2) is 6.10 Å². The van der Waals surface area contributed by atoms with Gasteiger partial charge < -0.3 is 21.6 Å². The van der Waals surface area contributed by atoms with Crippen LogP contribution < -0.4 is 11.1 Å². The number of nitrogens with zero attached hydrogens (tertiary/aromatic N) is 1. The first-order chi connectivity index (χ1) is 14.2. The highest BCUT2D eigenvalue weighted by atomic mass is 19.1. The summed E-state index contributed by atoms with van der Waals surface area (Å²) in [6.07, 6.45) is -1.06. The lowest BCUT2D eigenvalue weighted by Crippen LogP contribution is -2.40. The van der Waals surface area contributed by atoms with Crippen LogP contribution in [0.2, 0.25) is 0 Å². The lowest BCUT2D eigenvalue weighted by Gasteiger charge is -2.19. The fourth-order valence-corrected chi connectivity index (χ4v) is 2.81. The van der Waals surface area contributed by atoms with E-state index in [0.717, 1.165) is 23.6 Å². The molecule has 0 bridgehead atoms. The highest BCUT2D eigenvalue weighted by Gasteiger charge is 2.20. The van der Waals surface area contributed by atoms with Crippen LogP contribution in [-0.2, 0) is 10.2 Å². The van der Waals surface area contributed by atoms with Crippen molar-refractivity contribution in [1.82, 2.24) is 5.32 Å². The molecule has 0 fully saturated rings. The van der Waals surface area contributed by atoms with Crippen LogP contribution in [0.1, 0.15) is 38.0 Å². The van der Waals surface area contributed by atoms with Crippen LogP contribution in [-0.4, -0.2) is 42.3 Å². The summed E-state index contributed by atoms with van der Waals surface area (Å²) in [7, 11) is 0. The SMILES string of the molecule is CC(C)(C)c1ccc(-c2cccc(C(O)C(=O)NC(C=N)C=NC(F)CN)c2)cc1. The maximum atomic E-state index is 13.1. The molecule has 0 aliphatic heterocycles. The number of halogens is 1. The maximum absolute atomic E-state index is 13.1. The number of carbonyl (C=O) groups excluding carboxylic acids is 1. The van der Waals surface area contributed by atoms with Crippen LogP contribution in [0.5, 0.6) is 0 Å². The zero-order valence-electron chi connectivity index (χ0n) is 17.5. The first kappa shape index (κ1) is 23.4. The first-order valence-electron chi connectivity index (χ1n) is 9.73. The van der Waals surface area contributed by atoms with Gasteiger partial charge in [0.05, 0.1) is 6.04 Å². The summed E-state index contributed by atoms with van der Waals surface area (Å²) in [5, 5.41) is 20.2. The molecule has 0 aromatic heterocycles. The van der Waals surface area contributed by atoms with Gasteiger partial charge in [-0.2, -0.15) is 0 Å². The number of benzene rings is 2. The molecule has 30 heavy (non-hydrogen) atoms. The highest BCUT2D eigenvalue weighted by molar-refractivity contribution is 5.94. The Labute approximate surface area is 176 Å². The van der Waals surface area contributed by atoms with Crippen LogP contribution in [0.25, 0.3) is 11.1 Å². The lowest BCUT2D eigenvalue weighted by molar-refractivity contribution is -0.129. The molecule has 0 heterocycles. The Hall–Kier alpha value is -2.90. The van der Waals surface area contributed by atoms with Crippen molar-refractivity contribution in [1.29, 1.82) is 5.41 Å². The van der Waals surface area contributed by atoms with Gasteiger partial charge in [-0.1, -0.05) is 63.2 Å². The van der Waals surface area contributed by atoms with Crippen molar-refractivity contribution in [3.63, 3.8) is 0 Å². The van der Waals surface area contributed by atoms with Crippen molar-refractivity contribution in [3.05, 3.63) is 59.7 Å². The second kappa shape index (κ2) is 10.2. The van der Waals surface area contributed by atoms with E-state index in [9.17, 15) is 14.3 Å². The third-order valence-electron chi connectivity index (χ3n) is 4.63. The van der Waals surface area contributed by atoms with Gasteiger partial charge in [0.1, 0.15) is 0 Å².